The molecule has 0 spiro atoms. The summed E-state index contributed by atoms with van der Waals surface area (Å²) in [7, 11) is 1.59. The minimum absolute atomic E-state index is 0.0641. The van der Waals surface area contributed by atoms with Crippen molar-refractivity contribution < 1.29 is 14.3 Å². The molecule has 1 saturated carbocycles. The normalized spacial score (nSPS) is 24.2. The van der Waals surface area contributed by atoms with Gasteiger partial charge < -0.3 is 14.5 Å². The van der Waals surface area contributed by atoms with Gasteiger partial charge >= 0.3 is 0 Å². The zero-order valence-corrected chi connectivity index (χ0v) is 17.7. The van der Waals surface area contributed by atoms with E-state index in [1.807, 2.05) is 41.0 Å². The number of nitrogens with zero attached hydrogens (tertiary/aromatic N) is 2. The van der Waals surface area contributed by atoms with Crippen molar-refractivity contribution in [1.29, 1.82) is 0 Å². The molecule has 2 fully saturated rings. The van der Waals surface area contributed by atoms with Crippen molar-refractivity contribution in [2.24, 2.45) is 11.8 Å². The number of hydrogen-bond acceptors (Lipinski definition) is 3. The summed E-state index contributed by atoms with van der Waals surface area (Å²) in [5.41, 5.74) is 0.556. The van der Waals surface area contributed by atoms with Gasteiger partial charge in [0.05, 0.1) is 12.7 Å². The van der Waals surface area contributed by atoms with E-state index in [1.165, 1.54) is 6.42 Å². The first kappa shape index (κ1) is 20.7. The molecular weight excluding hydrogens is 352 g/mol. The van der Waals surface area contributed by atoms with E-state index in [-0.39, 0.29) is 23.9 Å². The van der Waals surface area contributed by atoms with Crippen LogP contribution in [0.15, 0.2) is 24.3 Å². The maximum Gasteiger partial charge on any atom is 0.258 e. The molecule has 0 aromatic heterocycles. The highest BCUT2D eigenvalue weighted by molar-refractivity contribution is 6.00. The third-order valence-corrected chi connectivity index (χ3v) is 6.22. The van der Waals surface area contributed by atoms with E-state index in [0.717, 1.165) is 32.2 Å². The van der Waals surface area contributed by atoms with Gasteiger partial charge in [-0.25, -0.2) is 0 Å². The van der Waals surface area contributed by atoms with Crippen LogP contribution in [0.4, 0.5) is 0 Å². The summed E-state index contributed by atoms with van der Waals surface area (Å²) in [5, 5.41) is 0. The second-order valence-electron chi connectivity index (χ2n) is 8.55. The van der Waals surface area contributed by atoms with E-state index in [9.17, 15) is 9.59 Å². The van der Waals surface area contributed by atoms with Crippen LogP contribution in [-0.2, 0) is 4.79 Å². The lowest BCUT2D eigenvalue weighted by molar-refractivity contribution is -0.136. The quantitative estimate of drug-likeness (QED) is 0.743. The Bertz CT molecular complexity index is 703. The zero-order valence-electron chi connectivity index (χ0n) is 17.7. The van der Waals surface area contributed by atoms with Crippen LogP contribution in [0, 0.1) is 11.8 Å². The number of likely N-dealkylation sites (tertiary alicyclic amines) is 1. The number of fused-ring (bicyclic) bond motifs is 1. The van der Waals surface area contributed by atoms with Gasteiger partial charge in [-0.2, -0.15) is 0 Å². The Kier molecular flexibility index (Phi) is 6.63. The predicted octanol–water partition coefficient (Wildman–Crippen LogP) is 3.97. The van der Waals surface area contributed by atoms with Crippen LogP contribution in [-0.4, -0.2) is 53.9 Å². The van der Waals surface area contributed by atoms with Gasteiger partial charge in [-0.15, -0.1) is 0 Å². The second-order valence-corrected chi connectivity index (χ2v) is 8.55. The zero-order chi connectivity index (χ0) is 20.3. The average Bonchev–Trinajstić information content (AvgIpc) is 3.10. The summed E-state index contributed by atoms with van der Waals surface area (Å²) >= 11 is 0. The molecular formula is C23H34N2O3. The number of benzene rings is 1. The second kappa shape index (κ2) is 8.97. The minimum atomic E-state index is -0.357. The fraction of sp³-hybridized carbons (Fsp3) is 0.652. The first-order valence-corrected chi connectivity index (χ1v) is 10.7. The third kappa shape index (κ3) is 4.03. The lowest BCUT2D eigenvalue weighted by Gasteiger charge is -2.35. The summed E-state index contributed by atoms with van der Waals surface area (Å²) in [6.45, 7) is 7.69. The molecule has 0 N–H and O–H groups in total. The summed E-state index contributed by atoms with van der Waals surface area (Å²) < 4.78 is 5.44. The van der Waals surface area contributed by atoms with E-state index in [2.05, 4.69) is 13.8 Å². The third-order valence-electron chi connectivity index (χ3n) is 6.22. The maximum absolute atomic E-state index is 13.6. The van der Waals surface area contributed by atoms with E-state index in [4.69, 9.17) is 4.74 Å². The molecule has 5 heteroatoms. The summed E-state index contributed by atoms with van der Waals surface area (Å²) in [6.07, 6.45) is 5.22. The van der Waals surface area contributed by atoms with Crippen molar-refractivity contribution in [3.05, 3.63) is 29.8 Å². The molecule has 2 aliphatic rings. The van der Waals surface area contributed by atoms with Crippen LogP contribution in [0.3, 0.4) is 0 Å². The number of amides is 2. The van der Waals surface area contributed by atoms with E-state index in [1.54, 1.807) is 7.11 Å². The molecule has 5 nitrogen and oxygen atoms in total. The fourth-order valence-corrected chi connectivity index (χ4v) is 4.96. The Labute approximate surface area is 169 Å². The number of likely N-dealkylation sites (N-methyl/N-ethyl adjacent to an activating group) is 1. The fourth-order valence-electron chi connectivity index (χ4n) is 4.96. The molecule has 3 unspecified atom stereocenters. The van der Waals surface area contributed by atoms with Gasteiger partial charge in [-0.3, -0.25) is 9.59 Å². The van der Waals surface area contributed by atoms with Crippen LogP contribution in [0.25, 0.3) is 0 Å². The molecule has 1 aliphatic heterocycles. The Balaban J connectivity index is 1.93. The monoisotopic (exact) mass is 386 g/mol. The van der Waals surface area contributed by atoms with Gasteiger partial charge in [0, 0.05) is 19.1 Å². The number of ether oxygens (including phenoxy) is 1. The van der Waals surface area contributed by atoms with Crippen LogP contribution in [0.1, 0.15) is 63.2 Å². The van der Waals surface area contributed by atoms with Gasteiger partial charge in [0.2, 0.25) is 5.91 Å². The van der Waals surface area contributed by atoms with E-state index in [0.29, 0.717) is 29.7 Å². The van der Waals surface area contributed by atoms with Crippen LogP contribution in [0.5, 0.6) is 5.75 Å². The van der Waals surface area contributed by atoms with Gasteiger partial charge in [-0.1, -0.05) is 38.8 Å². The summed E-state index contributed by atoms with van der Waals surface area (Å²) in [5.74, 6) is 1.46. The number of carbonyl (C=O) groups is 2. The Hall–Kier alpha value is -2.04. The SMILES string of the molecule is CCN(CC(C)C)C(=O)C1CC2CCCCC2N1C(=O)c1ccccc1OC. The van der Waals surface area contributed by atoms with E-state index < -0.39 is 0 Å². The molecule has 1 aromatic rings. The molecule has 3 atom stereocenters. The van der Waals surface area contributed by atoms with Crippen molar-refractivity contribution in [3.8, 4) is 5.75 Å². The van der Waals surface area contributed by atoms with Crippen molar-refractivity contribution >= 4 is 11.8 Å². The molecule has 3 rings (SSSR count). The largest absolute Gasteiger partial charge is 0.496 e. The first-order chi connectivity index (χ1) is 13.5. The van der Waals surface area contributed by atoms with E-state index >= 15 is 0 Å². The highest BCUT2D eigenvalue weighted by atomic mass is 16.5. The van der Waals surface area contributed by atoms with Gasteiger partial charge in [0.15, 0.2) is 0 Å². The standard InChI is InChI=1S/C23H34N2O3/c1-5-24(15-16(2)3)23(27)20-14-17-10-6-8-12-19(17)25(20)22(26)18-11-7-9-13-21(18)28-4/h7,9,11,13,16-17,19-20H,5-6,8,10,12,14-15H2,1-4H3. The molecule has 0 bridgehead atoms. The highest BCUT2D eigenvalue weighted by Crippen LogP contribution is 2.41. The average molecular weight is 387 g/mol. The van der Waals surface area contributed by atoms with Crippen molar-refractivity contribution in [2.45, 2.75) is 65.0 Å². The molecule has 2 amide bonds. The molecule has 154 valence electrons. The number of rotatable bonds is 6. The van der Waals surface area contributed by atoms with Crippen LogP contribution >= 0.6 is 0 Å². The molecule has 28 heavy (non-hydrogen) atoms. The Morgan fingerprint density at radius 3 is 2.61 bits per heavy atom. The van der Waals surface area contributed by atoms with Gasteiger partial charge in [-0.05, 0) is 50.2 Å². The van der Waals surface area contributed by atoms with Crippen LogP contribution < -0.4 is 4.74 Å². The van der Waals surface area contributed by atoms with Crippen molar-refractivity contribution in [1.82, 2.24) is 9.80 Å². The summed E-state index contributed by atoms with van der Waals surface area (Å²) in [6, 6.07) is 7.16. The van der Waals surface area contributed by atoms with Crippen molar-refractivity contribution in [3.63, 3.8) is 0 Å². The maximum atomic E-state index is 13.6. The molecule has 1 aliphatic carbocycles. The predicted molar refractivity (Wildman–Crippen MR) is 110 cm³/mol. The molecule has 1 saturated heterocycles. The number of hydrogen-bond donors (Lipinski definition) is 0. The minimum Gasteiger partial charge on any atom is -0.496 e. The van der Waals surface area contributed by atoms with Crippen LogP contribution in [0.2, 0.25) is 0 Å². The number of methoxy groups -OCH3 is 1. The van der Waals surface area contributed by atoms with Gasteiger partial charge in [0.25, 0.3) is 5.91 Å². The number of carbonyl (C=O) groups excluding carboxylic acids is 2. The smallest absolute Gasteiger partial charge is 0.258 e. The highest BCUT2D eigenvalue weighted by Gasteiger charge is 2.48. The lowest BCUT2D eigenvalue weighted by atomic mass is 9.84. The summed E-state index contributed by atoms with van der Waals surface area (Å²) in [4.78, 5) is 30.9. The Morgan fingerprint density at radius 1 is 1.21 bits per heavy atom. The van der Waals surface area contributed by atoms with Crippen molar-refractivity contribution in [2.75, 3.05) is 20.2 Å². The Morgan fingerprint density at radius 2 is 1.93 bits per heavy atom. The topological polar surface area (TPSA) is 49.9 Å². The first-order valence-electron chi connectivity index (χ1n) is 10.7. The lowest BCUT2D eigenvalue weighted by Crippen LogP contribution is -2.51. The molecule has 0 radical (unpaired) electrons. The molecule has 1 heterocycles. The van der Waals surface area contributed by atoms with Gasteiger partial charge in [0.1, 0.15) is 11.8 Å². The number of para-hydroxylation sites is 1. The molecule has 1 aromatic carbocycles.